The maximum absolute atomic E-state index is 14.3. The highest BCUT2D eigenvalue weighted by Crippen LogP contribution is 2.33. The summed E-state index contributed by atoms with van der Waals surface area (Å²) < 4.78 is 46.8. The van der Waals surface area contributed by atoms with Gasteiger partial charge in [-0.25, -0.2) is 13.2 Å². The van der Waals surface area contributed by atoms with Crippen molar-refractivity contribution in [1.82, 2.24) is 14.5 Å². The molecule has 0 radical (unpaired) electrons. The lowest BCUT2D eigenvalue weighted by Crippen LogP contribution is -2.51. The van der Waals surface area contributed by atoms with Gasteiger partial charge in [0.15, 0.2) is 6.29 Å². The zero-order valence-electron chi connectivity index (χ0n) is 28.7. The van der Waals surface area contributed by atoms with Crippen LogP contribution in [0.1, 0.15) is 57.9 Å². The Kier molecular flexibility index (Phi) is 11.7. The number of aliphatic hydroxyl groups excluding tert-OH is 1. The Labute approximate surface area is 290 Å². The van der Waals surface area contributed by atoms with E-state index in [9.17, 15) is 18.3 Å². The van der Waals surface area contributed by atoms with Crippen molar-refractivity contribution in [3.63, 3.8) is 0 Å². The van der Waals surface area contributed by atoms with Crippen LogP contribution in [0.15, 0.2) is 53.4 Å². The van der Waals surface area contributed by atoms with E-state index in [4.69, 9.17) is 19.9 Å². The Morgan fingerprint density at radius 3 is 2.61 bits per heavy atom. The van der Waals surface area contributed by atoms with Crippen LogP contribution in [-0.2, 0) is 30.7 Å². The molecule has 0 spiro atoms. The van der Waals surface area contributed by atoms with E-state index in [1.54, 1.807) is 12.1 Å². The molecule has 3 heterocycles. The molecule has 1 aliphatic carbocycles. The molecule has 3 saturated heterocycles. The highest BCUT2D eigenvalue weighted by Gasteiger charge is 2.44. The van der Waals surface area contributed by atoms with Gasteiger partial charge in [0.2, 0.25) is 10.0 Å². The largest absolute Gasteiger partial charge is 0.443 e. The number of carbonyl (C=O) groups is 1. The van der Waals surface area contributed by atoms with Gasteiger partial charge in [0, 0.05) is 38.3 Å². The number of nitrogens with two attached hydrogens (primary N) is 1. The molecule has 0 unspecified atom stereocenters. The molecule has 13 heteroatoms. The molecule has 5 N–H and O–H groups in total. The Hall–Kier alpha value is -2.94. The second kappa shape index (κ2) is 15.9. The van der Waals surface area contributed by atoms with Gasteiger partial charge in [0.1, 0.15) is 6.10 Å². The molecule has 4 fully saturated rings. The number of sulfonamides is 1. The van der Waals surface area contributed by atoms with E-state index >= 15 is 0 Å². The summed E-state index contributed by atoms with van der Waals surface area (Å²) in [7, 11) is -4.06. The van der Waals surface area contributed by atoms with Gasteiger partial charge < -0.3 is 35.7 Å². The molecule has 6 atom stereocenters. The predicted molar refractivity (Wildman–Crippen MR) is 187 cm³/mol. The van der Waals surface area contributed by atoms with E-state index < -0.39 is 34.4 Å². The summed E-state index contributed by atoms with van der Waals surface area (Å²) in [5, 5.41) is 18.0. The van der Waals surface area contributed by atoms with Crippen molar-refractivity contribution in [3.05, 3.63) is 54.1 Å². The summed E-state index contributed by atoms with van der Waals surface area (Å²) in [6.07, 6.45) is 4.29. The number of alkyl carbamates (subject to hydrolysis) is 1. The lowest BCUT2D eigenvalue weighted by molar-refractivity contribution is -0.0907. The van der Waals surface area contributed by atoms with Crippen molar-refractivity contribution < 1.29 is 32.5 Å². The van der Waals surface area contributed by atoms with Crippen LogP contribution in [0.4, 0.5) is 16.2 Å². The SMILES string of the molecule is CC(C)CN(C[C@@H](O)[C@H](Cc1ccccc1)NC(=O)O[C@H]1CO[C@H]2OCC[C@H]21)S(=O)(=O)c1ccc(N)c(N[C@H]2CCN(C3CCCC3)C2)c1. The molecule has 0 bridgehead atoms. The molecule has 2 aromatic carbocycles. The van der Waals surface area contributed by atoms with Crippen LogP contribution in [0, 0.1) is 11.8 Å². The van der Waals surface area contributed by atoms with Crippen molar-refractivity contribution >= 4 is 27.5 Å². The molecule has 1 saturated carbocycles. The number of hydrogen-bond donors (Lipinski definition) is 4. The van der Waals surface area contributed by atoms with Gasteiger partial charge >= 0.3 is 6.09 Å². The quantitative estimate of drug-likeness (QED) is 0.214. The molecular weight excluding hydrogens is 646 g/mol. The molecule has 4 aliphatic rings. The first-order chi connectivity index (χ1) is 23.6. The minimum atomic E-state index is -4.06. The van der Waals surface area contributed by atoms with Crippen molar-refractivity contribution in [2.75, 3.05) is 50.4 Å². The van der Waals surface area contributed by atoms with Crippen molar-refractivity contribution in [3.8, 4) is 0 Å². The minimum absolute atomic E-state index is 0.0251. The number of anilines is 2. The van der Waals surface area contributed by atoms with E-state index in [2.05, 4.69) is 15.5 Å². The fourth-order valence-electron chi connectivity index (χ4n) is 7.73. The van der Waals surface area contributed by atoms with Gasteiger partial charge in [0.05, 0.1) is 47.5 Å². The fourth-order valence-corrected chi connectivity index (χ4v) is 9.38. The highest BCUT2D eigenvalue weighted by atomic mass is 32.2. The van der Waals surface area contributed by atoms with E-state index in [0.717, 1.165) is 31.5 Å². The number of nitrogens with zero attached hydrogens (tertiary/aromatic N) is 2. The van der Waals surface area contributed by atoms with Gasteiger partial charge in [-0.2, -0.15) is 4.31 Å². The van der Waals surface area contributed by atoms with Gasteiger partial charge in [-0.3, -0.25) is 4.90 Å². The number of hydrogen-bond acceptors (Lipinski definition) is 10. The molecule has 6 rings (SSSR count). The highest BCUT2D eigenvalue weighted by molar-refractivity contribution is 7.89. The molecular formula is C36H53N5O7S. The summed E-state index contributed by atoms with van der Waals surface area (Å²) >= 11 is 0. The molecule has 2 aromatic rings. The van der Waals surface area contributed by atoms with Crippen molar-refractivity contribution in [2.24, 2.45) is 11.8 Å². The van der Waals surface area contributed by atoms with Crippen LogP contribution in [0.25, 0.3) is 0 Å². The Bertz CT molecular complexity index is 1510. The van der Waals surface area contributed by atoms with Gasteiger partial charge in [0.25, 0.3) is 0 Å². The number of nitrogens with one attached hydrogen (secondary N) is 2. The lowest BCUT2D eigenvalue weighted by Gasteiger charge is -2.31. The summed E-state index contributed by atoms with van der Waals surface area (Å²) in [6.45, 7) is 6.55. The summed E-state index contributed by atoms with van der Waals surface area (Å²) in [5.41, 5.74) is 8.33. The number of aliphatic hydroxyl groups is 1. The second-order valence-electron chi connectivity index (χ2n) is 14.5. The fraction of sp³-hybridized carbons (Fsp3) is 0.639. The van der Waals surface area contributed by atoms with Crippen molar-refractivity contribution in [2.45, 2.75) is 100 Å². The normalized spacial score (nSPS) is 25.9. The van der Waals surface area contributed by atoms with Gasteiger partial charge in [-0.05, 0) is 61.8 Å². The van der Waals surface area contributed by atoms with Crippen LogP contribution in [-0.4, -0.2) is 105 Å². The molecule has 1 amide bonds. The molecule has 12 nitrogen and oxygen atoms in total. The average molecular weight is 700 g/mol. The standard InChI is InChI=1S/C36H53N5O7S/c1-24(2)20-41(49(44,45)28-12-13-30(37)31(19-28)38-26-14-16-40(21-26)27-10-6-7-11-27)22-33(42)32(18-25-8-4-3-5-9-25)39-36(43)48-34-23-47-35-29(34)15-17-46-35/h3-5,8-9,12-13,19,24,26-27,29,32-35,38,42H,6-7,10-11,14-18,20-23,37H2,1-2H3,(H,39,43)/t26-,29-,32-,33+,34-,35+/m0/s1. The monoisotopic (exact) mass is 699 g/mol. The number of amides is 1. The Morgan fingerprint density at radius 1 is 1.08 bits per heavy atom. The first kappa shape index (κ1) is 35.9. The molecule has 0 aromatic heterocycles. The third-order valence-electron chi connectivity index (χ3n) is 10.4. The first-order valence-electron chi connectivity index (χ1n) is 17.9. The Morgan fingerprint density at radius 2 is 1.86 bits per heavy atom. The number of ether oxygens (including phenoxy) is 3. The zero-order valence-corrected chi connectivity index (χ0v) is 29.5. The smallest absolute Gasteiger partial charge is 0.407 e. The maximum Gasteiger partial charge on any atom is 0.407 e. The third kappa shape index (κ3) is 8.87. The predicted octanol–water partition coefficient (Wildman–Crippen LogP) is 3.80. The summed E-state index contributed by atoms with van der Waals surface area (Å²) in [4.78, 5) is 15.8. The number of nitrogen functional groups attached to an aromatic ring is 1. The molecule has 49 heavy (non-hydrogen) atoms. The van der Waals surface area contributed by atoms with Crippen LogP contribution in [0.5, 0.6) is 0 Å². The van der Waals surface area contributed by atoms with E-state index in [-0.39, 0.29) is 55.2 Å². The molecule has 270 valence electrons. The maximum atomic E-state index is 14.3. The van der Waals surface area contributed by atoms with E-state index in [0.29, 0.717) is 24.0 Å². The van der Waals surface area contributed by atoms with Crippen molar-refractivity contribution in [1.29, 1.82) is 0 Å². The zero-order chi connectivity index (χ0) is 34.5. The number of likely N-dealkylation sites (tertiary alicyclic amines) is 1. The van der Waals surface area contributed by atoms with Crippen LogP contribution < -0.4 is 16.4 Å². The van der Waals surface area contributed by atoms with Crippen LogP contribution in [0.3, 0.4) is 0 Å². The van der Waals surface area contributed by atoms with Crippen LogP contribution in [0.2, 0.25) is 0 Å². The van der Waals surface area contributed by atoms with Gasteiger partial charge in [-0.1, -0.05) is 57.0 Å². The minimum Gasteiger partial charge on any atom is -0.443 e. The third-order valence-corrected chi connectivity index (χ3v) is 12.2. The average Bonchev–Trinajstić information content (AvgIpc) is 3.89. The number of fused-ring (bicyclic) bond motifs is 1. The van der Waals surface area contributed by atoms with E-state index in [1.807, 2.05) is 44.2 Å². The summed E-state index contributed by atoms with van der Waals surface area (Å²) in [5.74, 6) is -0.0584. The van der Waals surface area contributed by atoms with Gasteiger partial charge in [-0.15, -0.1) is 0 Å². The first-order valence-corrected chi connectivity index (χ1v) is 19.3. The Balaban J connectivity index is 1.16. The van der Waals surface area contributed by atoms with E-state index in [1.165, 1.54) is 36.1 Å². The number of rotatable bonds is 14. The molecule has 3 aliphatic heterocycles. The summed E-state index contributed by atoms with van der Waals surface area (Å²) in [6, 6.07) is 14.2. The number of benzene rings is 2. The van der Waals surface area contributed by atoms with Crippen LogP contribution >= 0.6 is 0 Å². The lowest BCUT2D eigenvalue weighted by atomic mass is 10.0. The second-order valence-corrected chi connectivity index (χ2v) is 16.4. The number of carbonyl (C=O) groups excluding carboxylic acids is 1. The topological polar surface area (TPSA) is 156 Å².